The van der Waals surface area contributed by atoms with Crippen molar-refractivity contribution in [3.8, 4) is 11.1 Å². The maximum atomic E-state index is 10.6. The average Bonchev–Trinajstić information content (AvgIpc) is 2.66. The van der Waals surface area contributed by atoms with Crippen LogP contribution < -0.4 is 11.1 Å². The van der Waals surface area contributed by atoms with Crippen LogP contribution in [-0.4, -0.2) is 34.3 Å². The number of aromatic nitrogens is 2. The summed E-state index contributed by atoms with van der Waals surface area (Å²) in [6.45, 7) is 4.40. The number of nitrogens with one attached hydrogen (secondary N) is 1. The molecular weight excluding hydrogens is 385 g/mol. The van der Waals surface area contributed by atoms with Crippen LogP contribution in [0.2, 0.25) is 0 Å². The predicted molar refractivity (Wildman–Crippen MR) is 107 cm³/mol. The zero-order valence-corrected chi connectivity index (χ0v) is 16.1. The van der Waals surface area contributed by atoms with E-state index in [1.54, 1.807) is 0 Å². The number of anilines is 2. The van der Waals surface area contributed by atoms with E-state index in [0.29, 0.717) is 5.92 Å². The molecule has 6 nitrogen and oxygen atoms in total. The standard InChI is InChI=1S/C18H20N4.C2HF3O2/c1-11(2)12-5-4-6-13(9-12)14-7-8-15-16(10-14)21-18(19)22-17(15)20-3;3-2(4,5)1(6)7/h4-11H,1-3H3,(H3,19,20,21,22);(H,6,7). The lowest BCUT2D eigenvalue weighted by Crippen LogP contribution is -2.21. The van der Waals surface area contributed by atoms with Gasteiger partial charge < -0.3 is 16.2 Å². The highest BCUT2D eigenvalue weighted by Crippen LogP contribution is 2.29. The van der Waals surface area contributed by atoms with Crippen molar-refractivity contribution in [1.82, 2.24) is 9.97 Å². The third-order valence-corrected chi connectivity index (χ3v) is 4.08. The van der Waals surface area contributed by atoms with E-state index in [1.165, 1.54) is 11.1 Å². The maximum absolute atomic E-state index is 10.6. The van der Waals surface area contributed by atoms with Gasteiger partial charge >= 0.3 is 12.1 Å². The Labute approximate surface area is 165 Å². The lowest BCUT2D eigenvalue weighted by molar-refractivity contribution is -0.192. The van der Waals surface area contributed by atoms with E-state index in [4.69, 9.17) is 15.6 Å². The molecule has 0 spiro atoms. The number of halogens is 3. The first-order valence-corrected chi connectivity index (χ1v) is 8.68. The van der Waals surface area contributed by atoms with E-state index in [2.05, 4.69) is 65.5 Å². The number of hydrogen-bond acceptors (Lipinski definition) is 5. The lowest BCUT2D eigenvalue weighted by atomic mass is 9.97. The maximum Gasteiger partial charge on any atom is 0.490 e. The molecule has 1 heterocycles. The van der Waals surface area contributed by atoms with E-state index >= 15 is 0 Å². The number of benzene rings is 2. The highest BCUT2D eigenvalue weighted by molar-refractivity contribution is 5.92. The molecule has 1 aromatic heterocycles. The van der Waals surface area contributed by atoms with Crippen LogP contribution in [-0.2, 0) is 4.79 Å². The van der Waals surface area contributed by atoms with Crippen molar-refractivity contribution in [1.29, 1.82) is 0 Å². The summed E-state index contributed by atoms with van der Waals surface area (Å²) in [6.07, 6.45) is -5.08. The number of fused-ring (bicyclic) bond motifs is 1. The van der Waals surface area contributed by atoms with Crippen molar-refractivity contribution < 1.29 is 23.1 Å². The second-order valence-electron chi connectivity index (χ2n) is 6.50. The van der Waals surface area contributed by atoms with Gasteiger partial charge in [-0.2, -0.15) is 18.2 Å². The minimum Gasteiger partial charge on any atom is -0.475 e. The van der Waals surface area contributed by atoms with Gasteiger partial charge in [0.2, 0.25) is 5.95 Å². The van der Waals surface area contributed by atoms with Gasteiger partial charge in [-0.05, 0) is 34.7 Å². The van der Waals surface area contributed by atoms with E-state index in [0.717, 1.165) is 22.3 Å². The number of carboxylic acids is 1. The molecule has 0 bridgehead atoms. The second-order valence-corrected chi connectivity index (χ2v) is 6.50. The van der Waals surface area contributed by atoms with Crippen LogP contribution in [0.25, 0.3) is 22.0 Å². The predicted octanol–water partition coefficient (Wildman–Crippen LogP) is 4.68. The molecule has 0 aliphatic heterocycles. The lowest BCUT2D eigenvalue weighted by Gasteiger charge is -2.10. The first kappa shape index (κ1) is 21.9. The largest absolute Gasteiger partial charge is 0.490 e. The molecule has 0 radical (unpaired) electrons. The fourth-order valence-corrected chi connectivity index (χ4v) is 2.60. The number of alkyl halides is 3. The van der Waals surface area contributed by atoms with Gasteiger partial charge in [0.15, 0.2) is 0 Å². The molecule has 3 rings (SSSR count). The molecular formula is C20H21F3N4O2. The Balaban J connectivity index is 0.000000370. The van der Waals surface area contributed by atoms with Gasteiger partial charge in [-0.3, -0.25) is 0 Å². The van der Waals surface area contributed by atoms with Crippen LogP contribution in [0, 0.1) is 0 Å². The number of carbonyl (C=O) groups is 1. The van der Waals surface area contributed by atoms with Crippen LogP contribution >= 0.6 is 0 Å². The molecule has 0 saturated heterocycles. The Morgan fingerprint density at radius 2 is 1.72 bits per heavy atom. The molecule has 0 atom stereocenters. The smallest absolute Gasteiger partial charge is 0.475 e. The minimum atomic E-state index is -5.08. The first-order valence-electron chi connectivity index (χ1n) is 8.68. The van der Waals surface area contributed by atoms with Gasteiger partial charge in [0.05, 0.1) is 5.52 Å². The van der Waals surface area contributed by atoms with E-state index < -0.39 is 12.1 Å². The van der Waals surface area contributed by atoms with Crippen LogP contribution in [0.5, 0.6) is 0 Å². The van der Waals surface area contributed by atoms with Crippen LogP contribution in [0.4, 0.5) is 24.9 Å². The van der Waals surface area contributed by atoms with E-state index in [-0.39, 0.29) is 5.95 Å². The van der Waals surface area contributed by atoms with E-state index in [1.807, 2.05) is 13.1 Å². The zero-order valence-electron chi connectivity index (χ0n) is 16.1. The SMILES string of the molecule is CNc1nc(N)nc2cc(-c3cccc(C(C)C)c3)ccc12.O=C(O)C(F)(F)F. The number of aliphatic carboxylic acids is 1. The number of hydrogen-bond donors (Lipinski definition) is 3. The summed E-state index contributed by atoms with van der Waals surface area (Å²) in [5.41, 5.74) is 10.3. The Hall–Kier alpha value is -3.36. The molecule has 0 aliphatic rings. The quantitative estimate of drug-likeness (QED) is 0.584. The number of nitrogens with two attached hydrogens (primary N) is 1. The van der Waals surface area contributed by atoms with Crippen LogP contribution in [0.15, 0.2) is 42.5 Å². The Morgan fingerprint density at radius 3 is 2.28 bits per heavy atom. The van der Waals surface area contributed by atoms with Crippen LogP contribution in [0.3, 0.4) is 0 Å². The Bertz CT molecular complexity index is 1020. The molecule has 2 aromatic carbocycles. The monoisotopic (exact) mass is 406 g/mol. The molecule has 0 saturated carbocycles. The third kappa shape index (κ3) is 5.56. The van der Waals surface area contributed by atoms with Crippen molar-refractivity contribution >= 4 is 28.6 Å². The van der Waals surface area contributed by atoms with E-state index in [9.17, 15) is 13.2 Å². The van der Waals surface area contributed by atoms with Crippen LogP contribution in [0.1, 0.15) is 25.3 Å². The molecule has 3 aromatic rings. The van der Waals surface area contributed by atoms with Gasteiger partial charge in [-0.1, -0.05) is 44.2 Å². The molecule has 0 unspecified atom stereocenters. The van der Waals surface area contributed by atoms with Crippen molar-refractivity contribution in [2.45, 2.75) is 25.9 Å². The molecule has 0 aliphatic carbocycles. The number of rotatable bonds is 3. The number of carboxylic acid groups (broad SMARTS) is 1. The average molecular weight is 406 g/mol. The molecule has 4 N–H and O–H groups in total. The van der Waals surface area contributed by atoms with Crippen molar-refractivity contribution in [2.75, 3.05) is 18.1 Å². The highest BCUT2D eigenvalue weighted by Gasteiger charge is 2.38. The van der Waals surface area contributed by atoms with Crippen molar-refractivity contribution in [3.63, 3.8) is 0 Å². The fourth-order valence-electron chi connectivity index (χ4n) is 2.60. The first-order chi connectivity index (χ1) is 13.5. The van der Waals surface area contributed by atoms with Crippen molar-refractivity contribution in [3.05, 3.63) is 48.0 Å². The van der Waals surface area contributed by atoms with Gasteiger partial charge in [-0.15, -0.1) is 0 Å². The summed E-state index contributed by atoms with van der Waals surface area (Å²) in [7, 11) is 1.83. The summed E-state index contributed by atoms with van der Waals surface area (Å²) in [4.78, 5) is 17.5. The van der Waals surface area contributed by atoms with Gasteiger partial charge in [0, 0.05) is 12.4 Å². The van der Waals surface area contributed by atoms with Crippen molar-refractivity contribution in [2.24, 2.45) is 0 Å². The second kappa shape index (κ2) is 8.76. The van der Waals surface area contributed by atoms with Gasteiger partial charge in [0.1, 0.15) is 5.82 Å². The summed E-state index contributed by atoms with van der Waals surface area (Å²) < 4.78 is 31.7. The molecule has 9 heteroatoms. The summed E-state index contributed by atoms with van der Waals surface area (Å²) in [5, 5.41) is 11.2. The molecule has 0 fully saturated rings. The normalized spacial score (nSPS) is 11.1. The summed E-state index contributed by atoms with van der Waals surface area (Å²) in [6, 6.07) is 14.8. The number of nitrogens with zero attached hydrogens (tertiary/aromatic N) is 2. The molecule has 0 amide bonds. The molecule has 29 heavy (non-hydrogen) atoms. The van der Waals surface area contributed by atoms with Gasteiger partial charge in [-0.25, -0.2) is 9.78 Å². The summed E-state index contributed by atoms with van der Waals surface area (Å²) >= 11 is 0. The highest BCUT2D eigenvalue weighted by atomic mass is 19.4. The fraction of sp³-hybridized carbons (Fsp3) is 0.250. The number of nitrogen functional groups attached to an aromatic ring is 1. The minimum absolute atomic E-state index is 0.282. The summed E-state index contributed by atoms with van der Waals surface area (Å²) in [5.74, 6) is -1.21. The van der Waals surface area contributed by atoms with Gasteiger partial charge in [0.25, 0.3) is 0 Å². The topological polar surface area (TPSA) is 101 Å². The Morgan fingerprint density at radius 1 is 1.10 bits per heavy atom. The Kier molecular flexibility index (Phi) is 6.63. The zero-order chi connectivity index (χ0) is 21.8. The third-order valence-electron chi connectivity index (χ3n) is 4.08. The molecule has 154 valence electrons.